The number of nitrogens with zero attached hydrogens (tertiary/aromatic N) is 1. The first-order valence-electron chi connectivity index (χ1n) is 7.12. The summed E-state index contributed by atoms with van der Waals surface area (Å²) in [5.41, 5.74) is 0.380. The molecule has 17 heavy (non-hydrogen) atoms. The molecule has 0 atom stereocenters. The fraction of sp³-hybridized carbons (Fsp3) is 0.933. The molecule has 0 bridgehead atoms. The van der Waals surface area contributed by atoms with Crippen molar-refractivity contribution in [3.05, 3.63) is 0 Å². The molecule has 0 radical (unpaired) electrons. The van der Waals surface area contributed by atoms with Crippen LogP contribution in [0, 0.1) is 5.41 Å². The Morgan fingerprint density at radius 3 is 2.06 bits per heavy atom. The summed E-state index contributed by atoms with van der Waals surface area (Å²) in [6.07, 6.45) is 7.25. The first-order valence-corrected chi connectivity index (χ1v) is 7.12. The summed E-state index contributed by atoms with van der Waals surface area (Å²) in [7, 11) is 0. The number of hydrogen-bond donors (Lipinski definition) is 0. The fourth-order valence-electron chi connectivity index (χ4n) is 1.96. The summed E-state index contributed by atoms with van der Waals surface area (Å²) in [5, 5.41) is 0. The normalized spacial score (nSPS) is 11.6. The van der Waals surface area contributed by atoms with Crippen molar-refractivity contribution in [1.29, 1.82) is 0 Å². The SMILES string of the molecule is CCCCCCN(CCCC(C)(C)C)C(C)=O. The molecule has 102 valence electrons. The maximum atomic E-state index is 11.5. The van der Waals surface area contributed by atoms with Crippen LogP contribution in [0.15, 0.2) is 0 Å². The molecule has 2 nitrogen and oxygen atoms in total. The summed E-state index contributed by atoms with van der Waals surface area (Å²) >= 11 is 0. The lowest BCUT2D eigenvalue weighted by Crippen LogP contribution is -2.31. The first-order chi connectivity index (χ1) is 7.87. The number of carbonyl (C=O) groups is 1. The molecular weight excluding hydrogens is 210 g/mol. The van der Waals surface area contributed by atoms with Crippen molar-refractivity contribution in [3.8, 4) is 0 Å². The second kappa shape index (κ2) is 8.54. The first kappa shape index (κ1) is 16.5. The van der Waals surface area contributed by atoms with Gasteiger partial charge in [-0.1, -0.05) is 47.0 Å². The number of amides is 1. The highest BCUT2D eigenvalue weighted by atomic mass is 16.2. The van der Waals surface area contributed by atoms with E-state index in [0.717, 1.165) is 25.9 Å². The van der Waals surface area contributed by atoms with Gasteiger partial charge in [0, 0.05) is 20.0 Å². The third-order valence-corrected chi connectivity index (χ3v) is 3.08. The molecule has 0 aromatic rings. The summed E-state index contributed by atoms with van der Waals surface area (Å²) in [4.78, 5) is 13.5. The van der Waals surface area contributed by atoms with Gasteiger partial charge in [-0.25, -0.2) is 0 Å². The summed E-state index contributed by atoms with van der Waals surface area (Å²) < 4.78 is 0. The predicted octanol–water partition coefficient (Wildman–Crippen LogP) is 4.24. The van der Waals surface area contributed by atoms with Crippen LogP contribution in [-0.2, 0) is 4.79 Å². The molecule has 2 heteroatoms. The second-order valence-electron chi connectivity index (χ2n) is 6.23. The minimum Gasteiger partial charge on any atom is -0.343 e. The molecule has 0 aromatic carbocycles. The third kappa shape index (κ3) is 10.3. The quantitative estimate of drug-likeness (QED) is 0.582. The molecule has 0 heterocycles. The van der Waals surface area contributed by atoms with Gasteiger partial charge in [-0.15, -0.1) is 0 Å². The molecule has 0 saturated carbocycles. The van der Waals surface area contributed by atoms with Crippen molar-refractivity contribution in [2.24, 2.45) is 5.41 Å². The van der Waals surface area contributed by atoms with E-state index in [4.69, 9.17) is 0 Å². The van der Waals surface area contributed by atoms with Crippen LogP contribution in [0.4, 0.5) is 0 Å². The van der Waals surface area contributed by atoms with Crippen LogP contribution in [-0.4, -0.2) is 23.9 Å². The zero-order valence-electron chi connectivity index (χ0n) is 12.5. The average molecular weight is 241 g/mol. The van der Waals surface area contributed by atoms with E-state index >= 15 is 0 Å². The van der Waals surface area contributed by atoms with E-state index in [1.807, 2.05) is 4.90 Å². The van der Waals surface area contributed by atoms with Crippen LogP contribution in [0.3, 0.4) is 0 Å². The fourth-order valence-corrected chi connectivity index (χ4v) is 1.96. The number of unbranched alkanes of at least 4 members (excludes halogenated alkanes) is 3. The molecule has 0 N–H and O–H groups in total. The van der Waals surface area contributed by atoms with Gasteiger partial charge in [0.15, 0.2) is 0 Å². The molecule has 0 aliphatic carbocycles. The molecule has 0 rings (SSSR count). The molecule has 0 aliphatic rings. The average Bonchev–Trinajstić information content (AvgIpc) is 2.19. The molecule has 0 spiro atoms. The Morgan fingerprint density at radius 2 is 1.59 bits per heavy atom. The standard InChI is InChI=1S/C15H31NO/c1-6-7-8-9-12-16(14(2)17)13-10-11-15(3,4)5/h6-13H2,1-5H3. The second-order valence-corrected chi connectivity index (χ2v) is 6.23. The summed E-state index contributed by atoms with van der Waals surface area (Å²) in [6, 6.07) is 0. The van der Waals surface area contributed by atoms with Gasteiger partial charge in [0.05, 0.1) is 0 Å². The Balaban J connectivity index is 3.79. The molecule has 1 amide bonds. The van der Waals surface area contributed by atoms with E-state index in [-0.39, 0.29) is 5.91 Å². The Hall–Kier alpha value is -0.530. The van der Waals surface area contributed by atoms with E-state index < -0.39 is 0 Å². The Kier molecular flexibility index (Phi) is 8.28. The lowest BCUT2D eigenvalue weighted by molar-refractivity contribution is -0.129. The van der Waals surface area contributed by atoms with Crippen LogP contribution in [0.2, 0.25) is 0 Å². The Labute approximate surface area is 108 Å². The van der Waals surface area contributed by atoms with Crippen LogP contribution in [0.1, 0.15) is 73.1 Å². The predicted molar refractivity (Wildman–Crippen MR) is 75.1 cm³/mol. The number of carbonyl (C=O) groups excluding carboxylic acids is 1. The monoisotopic (exact) mass is 241 g/mol. The highest BCUT2D eigenvalue weighted by molar-refractivity contribution is 5.73. The van der Waals surface area contributed by atoms with E-state index in [1.165, 1.54) is 25.7 Å². The van der Waals surface area contributed by atoms with E-state index in [0.29, 0.717) is 5.41 Å². The van der Waals surface area contributed by atoms with Crippen LogP contribution in [0.5, 0.6) is 0 Å². The van der Waals surface area contributed by atoms with Gasteiger partial charge in [0.25, 0.3) is 0 Å². The minimum atomic E-state index is 0.232. The molecular formula is C15H31NO. The maximum absolute atomic E-state index is 11.5. The van der Waals surface area contributed by atoms with Gasteiger partial charge < -0.3 is 4.90 Å². The number of hydrogen-bond acceptors (Lipinski definition) is 1. The van der Waals surface area contributed by atoms with E-state index in [2.05, 4.69) is 27.7 Å². The third-order valence-electron chi connectivity index (χ3n) is 3.08. The van der Waals surface area contributed by atoms with Crippen LogP contribution < -0.4 is 0 Å². The Bertz CT molecular complexity index is 205. The molecule has 0 saturated heterocycles. The van der Waals surface area contributed by atoms with Crippen LogP contribution in [0.25, 0.3) is 0 Å². The van der Waals surface area contributed by atoms with Gasteiger partial charge >= 0.3 is 0 Å². The Morgan fingerprint density at radius 1 is 1.00 bits per heavy atom. The maximum Gasteiger partial charge on any atom is 0.219 e. The molecule has 0 aliphatic heterocycles. The van der Waals surface area contributed by atoms with Gasteiger partial charge in [0.1, 0.15) is 0 Å². The topological polar surface area (TPSA) is 20.3 Å². The van der Waals surface area contributed by atoms with Crippen LogP contribution >= 0.6 is 0 Å². The summed E-state index contributed by atoms with van der Waals surface area (Å²) in [6.45, 7) is 12.5. The lowest BCUT2D eigenvalue weighted by atomic mass is 9.90. The van der Waals surface area contributed by atoms with Crippen molar-refractivity contribution in [2.45, 2.75) is 73.1 Å². The zero-order chi connectivity index (χ0) is 13.3. The smallest absolute Gasteiger partial charge is 0.219 e. The lowest BCUT2D eigenvalue weighted by Gasteiger charge is -2.24. The van der Waals surface area contributed by atoms with Crippen molar-refractivity contribution >= 4 is 5.91 Å². The molecule has 0 unspecified atom stereocenters. The zero-order valence-corrected chi connectivity index (χ0v) is 12.5. The van der Waals surface area contributed by atoms with Gasteiger partial charge in [-0.3, -0.25) is 4.79 Å². The van der Waals surface area contributed by atoms with Crippen molar-refractivity contribution in [3.63, 3.8) is 0 Å². The molecule has 0 fully saturated rings. The van der Waals surface area contributed by atoms with E-state index in [1.54, 1.807) is 6.92 Å². The van der Waals surface area contributed by atoms with Gasteiger partial charge in [-0.05, 0) is 24.7 Å². The summed E-state index contributed by atoms with van der Waals surface area (Å²) in [5.74, 6) is 0.232. The van der Waals surface area contributed by atoms with Crippen molar-refractivity contribution < 1.29 is 4.79 Å². The highest BCUT2D eigenvalue weighted by Gasteiger charge is 2.12. The van der Waals surface area contributed by atoms with Crippen molar-refractivity contribution in [2.75, 3.05) is 13.1 Å². The van der Waals surface area contributed by atoms with E-state index in [9.17, 15) is 4.79 Å². The highest BCUT2D eigenvalue weighted by Crippen LogP contribution is 2.20. The number of rotatable bonds is 8. The molecule has 0 aromatic heterocycles. The van der Waals surface area contributed by atoms with Gasteiger partial charge in [0.2, 0.25) is 5.91 Å². The van der Waals surface area contributed by atoms with Crippen molar-refractivity contribution in [1.82, 2.24) is 4.90 Å². The minimum absolute atomic E-state index is 0.232. The largest absolute Gasteiger partial charge is 0.343 e. The van der Waals surface area contributed by atoms with Gasteiger partial charge in [-0.2, -0.15) is 0 Å².